The van der Waals surface area contributed by atoms with E-state index in [4.69, 9.17) is 4.94 Å². The molecule has 1 aromatic carbocycles. The summed E-state index contributed by atoms with van der Waals surface area (Å²) in [6.07, 6.45) is 3.37. The first kappa shape index (κ1) is 17.4. The summed E-state index contributed by atoms with van der Waals surface area (Å²) in [5, 5.41) is 9.84. The van der Waals surface area contributed by atoms with Crippen LogP contribution < -0.4 is 16.1 Å². The fraction of sp³-hybridized carbons (Fsp3) is 0.167. The molecule has 0 aliphatic heterocycles. The maximum Gasteiger partial charge on any atom is 0.274 e. The maximum atomic E-state index is 12.7. The smallest absolute Gasteiger partial charge is 0.274 e. The average Bonchev–Trinajstić information content (AvgIpc) is 3.09. The van der Waals surface area contributed by atoms with Crippen molar-refractivity contribution in [3.8, 4) is 0 Å². The SMILES string of the molecule is CNO/N=C(\NC)c1ccc(C)c(NC(=O)c2cnc3ccccn23)c1. The number of imidazole rings is 1. The normalized spacial score (nSPS) is 11.4. The predicted octanol–water partition coefficient (Wildman–Crippen LogP) is 1.93. The number of amidine groups is 1. The number of aromatic nitrogens is 2. The number of aryl methyl sites for hydroxylation is 1. The highest BCUT2D eigenvalue weighted by atomic mass is 16.8. The van der Waals surface area contributed by atoms with E-state index >= 15 is 0 Å². The number of amides is 1. The van der Waals surface area contributed by atoms with Gasteiger partial charge < -0.3 is 10.6 Å². The van der Waals surface area contributed by atoms with Crippen LogP contribution in [0.2, 0.25) is 0 Å². The molecule has 0 saturated heterocycles. The molecule has 134 valence electrons. The van der Waals surface area contributed by atoms with Crippen LogP contribution in [0.15, 0.2) is 53.9 Å². The lowest BCUT2D eigenvalue weighted by molar-refractivity contribution is 0.0638. The molecule has 8 heteroatoms. The van der Waals surface area contributed by atoms with Gasteiger partial charge in [-0.2, -0.15) is 0 Å². The zero-order valence-electron chi connectivity index (χ0n) is 14.8. The molecule has 0 unspecified atom stereocenters. The van der Waals surface area contributed by atoms with E-state index < -0.39 is 0 Å². The molecule has 1 amide bonds. The van der Waals surface area contributed by atoms with Crippen molar-refractivity contribution < 1.29 is 9.73 Å². The highest BCUT2D eigenvalue weighted by Gasteiger charge is 2.14. The van der Waals surface area contributed by atoms with Crippen molar-refractivity contribution in [2.24, 2.45) is 5.16 Å². The van der Waals surface area contributed by atoms with Crippen LogP contribution >= 0.6 is 0 Å². The monoisotopic (exact) mass is 352 g/mol. The Hall–Kier alpha value is -3.39. The molecule has 0 saturated carbocycles. The number of benzene rings is 1. The Bertz CT molecular complexity index is 963. The molecule has 3 N–H and O–H groups in total. The van der Waals surface area contributed by atoms with Gasteiger partial charge in [0.2, 0.25) is 0 Å². The largest absolute Gasteiger partial charge is 0.370 e. The van der Waals surface area contributed by atoms with Gasteiger partial charge in [-0.25, -0.2) is 4.98 Å². The molecule has 0 atom stereocenters. The fourth-order valence-electron chi connectivity index (χ4n) is 2.52. The topological polar surface area (TPSA) is 92.0 Å². The van der Waals surface area contributed by atoms with Gasteiger partial charge in [-0.15, -0.1) is 5.48 Å². The number of anilines is 1. The number of nitrogens with zero attached hydrogens (tertiary/aromatic N) is 3. The minimum atomic E-state index is -0.238. The van der Waals surface area contributed by atoms with Crippen LogP contribution in [-0.4, -0.2) is 35.2 Å². The molecule has 0 radical (unpaired) electrons. The minimum absolute atomic E-state index is 0.238. The Labute approximate surface area is 150 Å². The zero-order valence-corrected chi connectivity index (χ0v) is 14.8. The molecule has 26 heavy (non-hydrogen) atoms. The Morgan fingerprint density at radius 3 is 2.85 bits per heavy atom. The number of nitrogens with one attached hydrogen (secondary N) is 3. The summed E-state index contributed by atoms with van der Waals surface area (Å²) in [5.41, 5.74) is 6.07. The Balaban J connectivity index is 1.89. The predicted molar refractivity (Wildman–Crippen MR) is 100 cm³/mol. The Kier molecular flexibility index (Phi) is 5.14. The number of oxime groups is 1. The van der Waals surface area contributed by atoms with E-state index in [0.29, 0.717) is 17.2 Å². The lowest BCUT2D eigenvalue weighted by Crippen LogP contribution is -2.22. The summed E-state index contributed by atoms with van der Waals surface area (Å²) in [6.45, 7) is 1.92. The lowest BCUT2D eigenvalue weighted by atomic mass is 10.1. The molecule has 2 heterocycles. The molecular weight excluding hydrogens is 332 g/mol. The first-order valence-electron chi connectivity index (χ1n) is 8.07. The van der Waals surface area contributed by atoms with Gasteiger partial charge in [0.15, 0.2) is 5.84 Å². The molecule has 3 rings (SSSR count). The second-order valence-electron chi connectivity index (χ2n) is 5.54. The van der Waals surface area contributed by atoms with Crippen molar-refractivity contribution in [1.82, 2.24) is 20.2 Å². The van der Waals surface area contributed by atoms with Crippen molar-refractivity contribution in [1.29, 1.82) is 0 Å². The van der Waals surface area contributed by atoms with Gasteiger partial charge in [0.25, 0.3) is 5.91 Å². The van der Waals surface area contributed by atoms with Crippen LogP contribution in [0.1, 0.15) is 21.6 Å². The van der Waals surface area contributed by atoms with E-state index in [1.54, 1.807) is 30.9 Å². The van der Waals surface area contributed by atoms with E-state index in [1.165, 1.54) is 0 Å². The first-order chi connectivity index (χ1) is 12.6. The molecule has 8 nitrogen and oxygen atoms in total. The number of hydroxylamine groups is 1. The van der Waals surface area contributed by atoms with E-state index in [2.05, 4.69) is 26.3 Å². The highest BCUT2D eigenvalue weighted by molar-refractivity contribution is 6.05. The van der Waals surface area contributed by atoms with Gasteiger partial charge >= 0.3 is 0 Å². The van der Waals surface area contributed by atoms with E-state index in [0.717, 1.165) is 16.8 Å². The van der Waals surface area contributed by atoms with Gasteiger partial charge in [0.05, 0.1) is 6.20 Å². The third kappa shape index (κ3) is 3.50. The quantitative estimate of drug-likeness (QED) is 0.371. The number of rotatable bonds is 5. The third-order valence-corrected chi connectivity index (χ3v) is 3.87. The van der Waals surface area contributed by atoms with Crippen LogP contribution in [0.25, 0.3) is 5.65 Å². The highest BCUT2D eigenvalue weighted by Crippen LogP contribution is 2.19. The second kappa shape index (κ2) is 7.66. The third-order valence-electron chi connectivity index (χ3n) is 3.87. The van der Waals surface area contributed by atoms with Crippen molar-refractivity contribution in [3.05, 3.63) is 65.6 Å². The summed E-state index contributed by atoms with van der Waals surface area (Å²) in [6, 6.07) is 11.2. The molecule has 0 aliphatic rings. The van der Waals surface area contributed by atoms with Gasteiger partial charge in [-0.05, 0) is 35.8 Å². The number of carbonyl (C=O) groups is 1. The van der Waals surface area contributed by atoms with Crippen molar-refractivity contribution >= 4 is 23.1 Å². The van der Waals surface area contributed by atoms with Crippen LogP contribution in [-0.2, 0) is 4.94 Å². The van der Waals surface area contributed by atoms with Crippen LogP contribution in [0.5, 0.6) is 0 Å². The molecule has 0 spiro atoms. The second-order valence-corrected chi connectivity index (χ2v) is 5.54. The number of hydrogen-bond acceptors (Lipinski definition) is 5. The van der Waals surface area contributed by atoms with Crippen LogP contribution in [0.4, 0.5) is 5.69 Å². The van der Waals surface area contributed by atoms with Gasteiger partial charge in [0.1, 0.15) is 11.3 Å². The molecule has 0 aliphatic carbocycles. The molecule has 0 fully saturated rings. The van der Waals surface area contributed by atoms with Gasteiger partial charge in [-0.1, -0.05) is 18.2 Å². The number of hydrogen-bond donors (Lipinski definition) is 3. The molecule has 3 aromatic rings. The summed E-state index contributed by atoms with van der Waals surface area (Å²) in [7, 11) is 3.36. The lowest BCUT2D eigenvalue weighted by Gasteiger charge is -2.11. The summed E-state index contributed by atoms with van der Waals surface area (Å²) >= 11 is 0. The fourth-order valence-corrected chi connectivity index (χ4v) is 2.52. The molecular formula is C18H20N6O2. The van der Waals surface area contributed by atoms with Crippen LogP contribution in [0.3, 0.4) is 0 Å². The van der Waals surface area contributed by atoms with E-state index in [9.17, 15) is 4.79 Å². The maximum absolute atomic E-state index is 12.7. The minimum Gasteiger partial charge on any atom is -0.370 e. The van der Waals surface area contributed by atoms with Crippen molar-refractivity contribution in [2.45, 2.75) is 6.92 Å². The first-order valence-corrected chi connectivity index (χ1v) is 8.07. The van der Waals surface area contributed by atoms with E-state index in [1.807, 2.05) is 43.3 Å². The van der Waals surface area contributed by atoms with E-state index in [-0.39, 0.29) is 5.91 Å². The summed E-state index contributed by atoms with van der Waals surface area (Å²) in [5.74, 6) is 0.294. The summed E-state index contributed by atoms with van der Waals surface area (Å²) < 4.78 is 1.75. The van der Waals surface area contributed by atoms with Crippen molar-refractivity contribution in [2.75, 3.05) is 19.4 Å². The Morgan fingerprint density at radius 1 is 1.23 bits per heavy atom. The van der Waals surface area contributed by atoms with Gasteiger partial charge in [0, 0.05) is 31.5 Å². The van der Waals surface area contributed by atoms with Gasteiger partial charge in [-0.3, -0.25) is 14.1 Å². The molecule has 2 aromatic heterocycles. The number of pyridine rings is 1. The zero-order chi connectivity index (χ0) is 18.5. The van der Waals surface area contributed by atoms with Crippen molar-refractivity contribution in [3.63, 3.8) is 0 Å². The van der Waals surface area contributed by atoms with Crippen LogP contribution in [0, 0.1) is 6.92 Å². The average molecular weight is 352 g/mol. The summed E-state index contributed by atoms with van der Waals surface area (Å²) in [4.78, 5) is 21.8. The number of carbonyl (C=O) groups excluding carboxylic acids is 1. The standard InChI is InChI=1S/C18H20N6O2/c1-12-7-8-13(17(19-2)23-26-20-3)10-14(12)22-18(25)15-11-21-16-6-4-5-9-24(15)16/h4-11,20H,1-3H3,(H,19,23)(H,22,25). The Morgan fingerprint density at radius 2 is 2.08 bits per heavy atom. The number of fused-ring (bicyclic) bond motifs is 1. The molecule has 0 bridgehead atoms.